The molecule has 0 saturated carbocycles. The van der Waals surface area contributed by atoms with E-state index in [-0.39, 0.29) is 41.6 Å². The van der Waals surface area contributed by atoms with Gasteiger partial charge in [0.05, 0.1) is 18.8 Å². The Kier molecular flexibility index (Phi) is 8.66. The van der Waals surface area contributed by atoms with E-state index >= 15 is 0 Å². The summed E-state index contributed by atoms with van der Waals surface area (Å²) in [6, 6.07) is 9.68. The van der Waals surface area contributed by atoms with Crippen LogP contribution < -0.4 is 21.9 Å². The number of hydrogen-bond acceptors (Lipinski definition) is 9. The van der Waals surface area contributed by atoms with Crippen LogP contribution in [0.25, 0.3) is 0 Å². The molecule has 0 atom stereocenters. The number of rotatable bonds is 11. The van der Waals surface area contributed by atoms with E-state index in [0.29, 0.717) is 18.9 Å². The third-order valence-electron chi connectivity index (χ3n) is 4.82. The largest absolute Gasteiger partial charge is 0.416 e. The Hall–Kier alpha value is -3.38. The number of thioether (sulfide) groups is 1. The SMILES string of the molecule is COCCN(C(=O)CSc1nnc(Cc2ccccc2)o1)c1c(N)n(CC(C)C)c(=O)[nH]c1=O. The van der Waals surface area contributed by atoms with Crippen molar-refractivity contribution < 1.29 is 13.9 Å². The van der Waals surface area contributed by atoms with Crippen LogP contribution in [0.3, 0.4) is 0 Å². The summed E-state index contributed by atoms with van der Waals surface area (Å²) >= 11 is 1.05. The van der Waals surface area contributed by atoms with Crippen molar-refractivity contribution in [3.05, 3.63) is 62.6 Å². The zero-order valence-corrected chi connectivity index (χ0v) is 20.1. The van der Waals surface area contributed by atoms with E-state index in [0.717, 1.165) is 17.3 Å². The summed E-state index contributed by atoms with van der Waals surface area (Å²) in [6.45, 7) is 4.36. The van der Waals surface area contributed by atoms with Gasteiger partial charge < -0.3 is 19.8 Å². The summed E-state index contributed by atoms with van der Waals surface area (Å²) in [5, 5.41) is 8.24. The number of aromatic amines is 1. The average Bonchev–Trinajstić information content (AvgIpc) is 3.25. The van der Waals surface area contributed by atoms with E-state index < -0.39 is 17.2 Å². The smallest absolute Gasteiger partial charge is 0.330 e. The van der Waals surface area contributed by atoms with Crippen molar-refractivity contribution in [3.63, 3.8) is 0 Å². The first kappa shape index (κ1) is 25.2. The van der Waals surface area contributed by atoms with Gasteiger partial charge in [0.25, 0.3) is 10.8 Å². The molecule has 0 radical (unpaired) electrons. The number of methoxy groups -OCH3 is 1. The lowest BCUT2D eigenvalue weighted by Crippen LogP contribution is -2.43. The molecule has 0 bridgehead atoms. The van der Waals surface area contributed by atoms with Gasteiger partial charge in [-0.2, -0.15) is 0 Å². The highest BCUT2D eigenvalue weighted by Gasteiger charge is 2.25. The van der Waals surface area contributed by atoms with E-state index in [9.17, 15) is 14.4 Å². The van der Waals surface area contributed by atoms with Gasteiger partial charge in [-0.05, 0) is 11.5 Å². The average molecular weight is 489 g/mol. The van der Waals surface area contributed by atoms with Crippen LogP contribution in [0.1, 0.15) is 25.3 Å². The Labute approximate surface area is 200 Å². The maximum absolute atomic E-state index is 13.1. The number of nitrogens with zero attached hydrogens (tertiary/aromatic N) is 4. The minimum absolute atomic E-state index is 0.0696. The van der Waals surface area contributed by atoms with Gasteiger partial charge in [0.2, 0.25) is 11.8 Å². The lowest BCUT2D eigenvalue weighted by Gasteiger charge is -2.24. The first-order valence-electron chi connectivity index (χ1n) is 10.7. The first-order valence-corrected chi connectivity index (χ1v) is 11.7. The number of nitrogens with one attached hydrogen (secondary N) is 1. The number of H-pyrrole nitrogens is 1. The number of ether oxygens (including phenoxy) is 1. The zero-order chi connectivity index (χ0) is 24.7. The normalized spacial score (nSPS) is 11.2. The van der Waals surface area contributed by atoms with Gasteiger partial charge in [-0.15, -0.1) is 10.2 Å². The van der Waals surface area contributed by atoms with Crippen molar-refractivity contribution in [1.82, 2.24) is 19.7 Å². The Morgan fingerprint density at radius 2 is 2.00 bits per heavy atom. The van der Waals surface area contributed by atoms with Crippen molar-refractivity contribution in [2.75, 3.05) is 36.6 Å². The summed E-state index contributed by atoms with van der Waals surface area (Å²) < 4.78 is 12.0. The highest BCUT2D eigenvalue weighted by atomic mass is 32.2. The van der Waals surface area contributed by atoms with Crippen LogP contribution in [0.15, 0.2) is 49.6 Å². The monoisotopic (exact) mass is 488 g/mol. The molecule has 0 saturated heterocycles. The zero-order valence-electron chi connectivity index (χ0n) is 19.3. The van der Waals surface area contributed by atoms with Gasteiger partial charge in [-0.1, -0.05) is 55.9 Å². The molecule has 34 heavy (non-hydrogen) atoms. The Morgan fingerprint density at radius 3 is 2.68 bits per heavy atom. The number of nitrogen functional groups attached to an aromatic ring is 1. The van der Waals surface area contributed by atoms with Gasteiger partial charge in [-0.25, -0.2) is 4.79 Å². The molecule has 11 nitrogen and oxygen atoms in total. The Morgan fingerprint density at radius 1 is 1.26 bits per heavy atom. The number of amides is 1. The Bertz CT molecular complexity index is 1220. The second kappa shape index (κ2) is 11.7. The van der Waals surface area contributed by atoms with Gasteiger partial charge in [-0.3, -0.25) is 19.1 Å². The minimum atomic E-state index is -0.736. The van der Waals surface area contributed by atoms with Gasteiger partial charge in [0, 0.05) is 20.2 Å². The van der Waals surface area contributed by atoms with Crippen LogP contribution in [0.2, 0.25) is 0 Å². The van der Waals surface area contributed by atoms with E-state index in [2.05, 4.69) is 15.2 Å². The van der Waals surface area contributed by atoms with Crippen molar-refractivity contribution >= 4 is 29.2 Å². The summed E-state index contributed by atoms with van der Waals surface area (Å²) in [6.07, 6.45) is 0.478. The molecule has 3 rings (SSSR count). The predicted octanol–water partition coefficient (Wildman–Crippen LogP) is 1.52. The summed E-state index contributed by atoms with van der Waals surface area (Å²) in [5.41, 5.74) is 5.77. The lowest BCUT2D eigenvalue weighted by molar-refractivity contribution is -0.116. The molecule has 0 unspecified atom stereocenters. The maximum Gasteiger partial charge on any atom is 0.330 e. The van der Waals surface area contributed by atoms with Crippen molar-refractivity contribution in [3.8, 4) is 0 Å². The number of benzene rings is 1. The van der Waals surface area contributed by atoms with Crippen LogP contribution in [-0.4, -0.2) is 51.7 Å². The van der Waals surface area contributed by atoms with Gasteiger partial charge >= 0.3 is 5.69 Å². The topological polar surface area (TPSA) is 149 Å². The molecular formula is C22H28N6O5S. The highest BCUT2D eigenvalue weighted by molar-refractivity contribution is 7.99. The fourth-order valence-corrected chi connectivity index (χ4v) is 3.92. The van der Waals surface area contributed by atoms with Crippen LogP contribution in [0, 0.1) is 5.92 Å². The molecule has 2 heterocycles. The van der Waals surface area contributed by atoms with Gasteiger partial charge in [0.1, 0.15) is 5.82 Å². The van der Waals surface area contributed by atoms with E-state index in [4.69, 9.17) is 14.9 Å². The minimum Gasteiger partial charge on any atom is -0.416 e. The number of carbonyl (C=O) groups excluding carboxylic acids is 1. The fourth-order valence-electron chi connectivity index (χ4n) is 3.27. The van der Waals surface area contributed by atoms with Crippen molar-refractivity contribution in [2.24, 2.45) is 5.92 Å². The van der Waals surface area contributed by atoms with Crippen LogP contribution in [0.4, 0.5) is 11.5 Å². The molecule has 0 aliphatic rings. The fraction of sp³-hybridized carbons (Fsp3) is 0.409. The summed E-state index contributed by atoms with van der Waals surface area (Å²) in [5.74, 6) is -0.0469. The number of carbonyl (C=O) groups is 1. The Balaban J connectivity index is 1.78. The lowest BCUT2D eigenvalue weighted by atomic mass is 10.2. The molecule has 1 aromatic carbocycles. The summed E-state index contributed by atoms with van der Waals surface area (Å²) in [4.78, 5) is 41.5. The predicted molar refractivity (Wildman–Crippen MR) is 129 cm³/mol. The molecule has 0 fully saturated rings. The number of aromatic nitrogens is 4. The van der Waals surface area contributed by atoms with E-state index in [1.54, 1.807) is 0 Å². The molecule has 0 aliphatic heterocycles. The molecule has 1 amide bonds. The van der Waals surface area contributed by atoms with E-state index in [1.165, 1.54) is 16.6 Å². The van der Waals surface area contributed by atoms with E-state index in [1.807, 2.05) is 44.2 Å². The van der Waals surface area contributed by atoms with Gasteiger partial charge in [0.15, 0.2) is 5.69 Å². The third-order valence-corrected chi connectivity index (χ3v) is 5.62. The van der Waals surface area contributed by atoms with Crippen LogP contribution in [-0.2, 0) is 22.5 Å². The third kappa shape index (κ3) is 6.35. The van der Waals surface area contributed by atoms with Crippen molar-refractivity contribution in [1.29, 1.82) is 0 Å². The van der Waals surface area contributed by atoms with Crippen molar-refractivity contribution in [2.45, 2.75) is 32.0 Å². The highest BCUT2D eigenvalue weighted by Crippen LogP contribution is 2.22. The summed E-state index contributed by atoms with van der Waals surface area (Å²) in [7, 11) is 1.48. The molecule has 0 aliphatic carbocycles. The van der Waals surface area contributed by atoms with Crippen LogP contribution >= 0.6 is 11.8 Å². The first-order chi connectivity index (χ1) is 16.3. The molecule has 3 aromatic rings. The standard InChI is InChI=1S/C22H28N6O5S/c1-14(2)12-28-19(23)18(20(30)24-21(28)31)27(9-10-32-3)17(29)13-34-22-26-25-16(33-22)11-15-7-5-4-6-8-15/h4-8,14H,9-13,23H2,1-3H3,(H,24,30,31). The maximum atomic E-state index is 13.1. The molecule has 182 valence electrons. The molecular weight excluding hydrogens is 460 g/mol. The number of anilines is 2. The number of nitrogens with two attached hydrogens (primary N) is 1. The molecule has 0 spiro atoms. The quantitative estimate of drug-likeness (QED) is 0.383. The van der Waals surface area contributed by atoms with Crippen LogP contribution in [0.5, 0.6) is 0 Å². The molecule has 2 aromatic heterocycles. The second-order valence-electron chi connectivity index (χ2n) is 7.95. The second-order valence-corrected chi connectivity index (χ2v) is 8.88. The molecule has 3 N–H and O–H groups in total. The molecule has 12 heteroatoms. The number of hydrogen-bond donors (Lipinski definition) is 2.